The fourth-order valence-corrected chi connectivity index (χ4v) is 1.38. The minimum Gasteiger partial charge on any atom is -0.495 e. The van der Waals surface area contributed by atoms with Gasteiger partial charge in [0.25, 0.3) is 0 Å². The third kappa shape index (κ3) is 3.78. The second-order valence-electron chi connectivity index (χ2n) is 3.03. The molecule has 3 nitrogen and oxygen atoms in total. The van der Waals surface area contributed by atoms with Gasteiger partial charge in [0, 0.05) is 11.6 Å². The standard InChI is InChI=1S/C10H13Cl2NO2/c1-15-10-3-2-7(12)4-9(10)13-6-8(14)5-11/h2-4,8,13-14H,5-6H2,1H3. The highest BCUT2D eigenvalue weighted by molar-refractivity contribution is 6.30. The molecule has 1 unspecified atom stereocenters. The van der Waals surface area contributed by atoms with E-state index in [0.29, 0.717) is 17.3 Å². The van der Waals surface area contributed by atoms with E-state index >= 15 is 0 Å². The quantitative estimate of drug-likeness (QED) is 0.788. The number of anilines is 1. The number of methoxy groups -OCH3 is 1. The van der Waals surface area contributed by atoms with Crippen LogP contribution in [0.3, 0.4) is 0 Å². The van der Waals surface area contributed by atoms with Gasteiger partial charge in [-0.1, -0.05) is 11.6 Å². The van der Waals surface area contributed by atoms with Gasteiger partial charge in [-0.15, -0.1) is 11.6 Å². The average molecular weight is 250 g/mol. The van der Waals surface area contributed by atoms with Crippen molar-refractivity contribution < 1.29 is 9.84 Å². The molecule has 15 heavy (non-hydrogen) atoms. The monoisotopic (exact) mass is 249 g/mol. The van der Waals surface area contributed by atoms with Crippen molar-refractivity contribution in [1.29, 1.82) is 0 Å². The molecule has 1 atom stereocenters. The van der Waals surface area contributed by atoms with Crippen molar-refractivity contribution in [1.82, 2.24) is 0 Å². The molecule has 5 heteroatoms. The Morgan fingerprint density at radius 3 is 2.87 bits per heavy atom. The van der Waals surface area contributed by atoms with E-state index in [1.54, 1.807) is 25.3 Å². The zero-order valence-electron chi connectivity index (χ0n) is 8.34. The number of ether oxygens (including phenoxy) is 1. The molecular formula is C10H13Cl2NO2. The predicted octanol–water partition coefficient (Wildman–Crippen LogP) is 2.36. The summed E-state index contributed by atoms with van der Waals surface area (Å²) in [6.45, 7) is 0.361. The number of rotatable bonds is 5. The summed E-state index contributed by atoms with van der Waals surface area (Å²) >= 11 is 11.3. The van der Waals surface area contributed by atoms with E-state index in [0.717, 1.165) is 5.69 Å². The Hall–Kier alpha value is -0.640. The number of benzene rings is 1. The lowest BCUT2D eigenvalue weighted by molar-refractivity contribution is 0.211. The smallest absolute Gasteiger partial charge is 0.142 e. The van der Waals surface area contributed by atoms with Gasteiger partial charge in [-0.3, -0.25) is 0 Å². The van der Waals surface area contributed by atoms with Crippen molar-refractivity contribution in [3.8, 4) is 5.75 Å². The van der Waals surface area contributed by atoms with E-state index in [9.17, 15) is 5.11 Å². The Bertz CT molecular complexity index is 320. The van der Waals surface area contributed by atoms with Crippen molar-refractivity contribution in [2.24, 2.45) is 0 Å². The number of aliphatic hydroxyl groups is 1. The molecule has 0 saturated heterocycles. The minimum absolute atomic E-state index is 0.190. The van der Waals surface area contributed by atoms with Gasteiger partial charge in [0.2, 0.25) is 0 Å². The summed E-state index contributed by atoms with van der Waals surface area (Å²) in [6, 6.07) is 5.24. The second-order valence-corrected chi connectivity index (χ2v) is 3.78. The van der Waals surface area contributed by atoms with Gasteiger partial charge in [-0.25, -0.2) is 0 Å². The molecule has 2 N–H and O–H groups in total. The van der Waals surface area contributed by atoms with Crippen LogP contribution in [0.4, 0.5) is 5.69 Å². The highest BCUT2D eigenvalue weighted by atomic mass is 35.5. The Kier molecular flexibility index (Phi) is 5.02. The largest absolute Gasteiger partial charge is 0.495 e. The normalized spacial score (nSPS) is 12.3. The predicted molar refractivity (Wildman–Crippen MR) is 63.2 cm³/mol. The van der Waals surface area contributed by atoms with Gasteiger partial charge >= 0.3 is 0 Å². The molecular weight excluding hydrogens is 237 g/mol. The van der Waals surface area contributed by atoms with Gasteiger partial charge in [-0.05, 0) is 18.2 Å². The maximum Gasteiger partial charge on any atom is 0.142 e. The summed E-state index contributed by atoms with van der Waals surface area (Å²) in [7, 11) is 1.58. The molecule has 0 bridgehead atoms. The van der Waals surface area contributed by atoms with Gasteiger partial charge in [-0.2, -0.15) is 0 Å². The van der Waals surface area contributed by atoms with E-state index in [2.05, 4.69) is 5.32 Å². The lowest BCUT2D eigenvalue weighted by atomic mass is 10.2. The molecule has 1 rings (SSSR count). The summed E-state index contributed by atoms with van der Waals surface area (Å²) in [4.78, 5) is 0. The van der Waals surface area contributed by atoms with Crippen LogP contribution in [0, 0.1) is 0 Å². The second kappa shape index (κ2) is 6.05. The first-order chi connectivity index (χ1) is 7.17. The highest BCUT2D eigenvalue weighted by Gasteiger charge is 2.06. The summed E-state index contributed by atoms with van der Waals surface area (Å²) in [5, 5.41) is 12.9. The Balaban J connectivity index is 2.69. The third-order valence-electron chi connectivity index (χ3n) is 1.87. The Morgan fingerprint density at radius 2 is 2.27 bits per heavy atom. The van der Waals surface area contributed by atoms with Crippen LogP contribution in [-0.4, -0.2) is 30.7 Å². The van der Waals surface area contributed by atoms with Crippen molar-refractivity contribution in [2.75, 3.05) is 24.9 Å². The van der Waals surface area contributed by atoms with Crippen LogP contribution >= 0.6 is 23.2 Å². The molecule has 0 aliphatic rings. The molecule has 0 aromatic heterocycles. The molecule has 0 fully saturated rings. The summed E-state index contributed by atoms with van der Waals surface area (Å²) in [5.41, 5.74) is 0.745. The number of halogens is 2. The molecule has 0 amide bonds. The summed E-state index contributed by atoms with van der Waals surface area (Å²) < 4.78 is 5.13. The molecule has 0 aliphatic heterocycles. The molecule has 84 valence electrons. The van der Waals surface area contributed by atoms with Crippen LogP contribution < -0.4 is 10.1 Å². The van der Waals surface area contributed by atoms with Crippen molar-refractivity contribution in [3.05, 3.63) is 23.2 Å². The summed E-state index contributed by atoms with van der Waals surface area (Å²) in [6.07, 6.45) is -0.588. The van der Waals surface area contributed by atoms with E-state index in [-0.39, 0.29) is 5.88 Å². The van der Waals surface area contributed by atoms with Gasteiger partial charge in [0.1, 0.15) is 5.75 Å². The van der Waals surface area contributed by atoms with Crippen LogP contribution in [0.2, 0.25) is 5.02 Å². The lowest BCUT2D eigenvalue weighted by Crippen LogP contribution is -2.20. The van der Waals surface area contributed by atoms with Crippen LogP contribution in [0.15, 0.2) is 18.2 Å². The number of hydrogen-bond donors (Lipinski definition) is 2. The third-order valence-corrected chi connectivity index (χ3v) is 2.46. The van der Waals surface area contributed by atoms with Gasteiger partial charge in [0.15, 0.2) is 0 Å². The van der Waals surface area contributed by atoms with Crippen molar-refractivity contribution in [3.63, 3.8) is 0 Å². The van der Waals surface area contributed by atoms with E-state index in [4.69, 9.17) is 27.9 Å². The van der Waals surface area contributed by atoms with Crippen molar-refractivity contribution in [2.45, 2.75) is 6.10 Å². The number of nitrogens with one attached hydrogen (secondary N) is 1. The first kappa shape index (κ1) is 12.4. The topological polar surface area (TPSA) is 41.5 Å². The van der Waals surface area contributed by atoms with Gasteiger partial charge in [0.05, 0.1) is 24.8 Å². The molecule has 1 aromatic carbocycles. The number of aliphatic hydroxyl groups excluding tert-OH is 1. The maximum atomic E-state index is 9.28. The number of hydrogen-bond acceptors (Lipinski definition) is 3. The first-order valence-electron chi connectivity index (χ1n) is 4.48. The van der Waals surface area contributed by atoms with E-state index < -0.39 is 6.10 Å². The average Bonchev–Trinajstić information content (AvgIpc) is 2.26. The van der Waals surface area contributed by atoms with Gasteiger partial charge < -0.3 is 15.2 Å². The Labute approximate surface area is 99.0 Å². The molecule has 0 heterocycles. The van der Waals surface area contributed by atoms with Crippen LogP contribution in [0.25, 0.3) is 0 Å². The zero-order valence-corrected chi connectivity index (χ0v) is 9.85. The molecule has 0 spiro atoms. The molecule has 1 aromatic rings. The highest BCUT2D eigenvalue weighted by Crippen LogP contribution is 2.27. The van der Waals surface area contributed by atoms with Crippen LogP contribution in [0.1, 0.15) is 0 Å². The molecule has 0 saturated carbocycles. The fourth-order valence-electron chi connectivity index (χ4n) is 1.10. The fraction of sp³-hybridized carbons (Fsp3) is 0.400. The van der Waals surface area contributed by atoms with Crippen molar-refractivity contribution >= 4 is 28.9 Å². The first-order valence-corrected chi connectivity index (χ1v) is 5.40. The maximum absolute atomic E-state index is 9.28. The number of alkyl halides is 1. The zero-order chi connectivity index (χ0) is 11.3. The van der Waals surface area contributed by atoms with E-state index in [1.807, 2.05) is 0 Å². The van der Waals surface area contributed by atoms with E-state index in [1.165, 1.54) is 0 Å². The van der Waals surface area contributed by atoms with Crippen LogP contribution in [-0.2, 0) is 0 Å². The van der Waals surface area contributed by atoms with Crippen LogP contribution in [0.5, 0.6) is 5.75 Å². The Morgan fingerprint density at radius 1 is 1.53 bits per heavy atom. The minimum atomic E-state index is -0.588. The molecule has 0 radical (unpaired) electrons. The summed E-state index contributed by atoms with van der Waals surface area (Å²) in [5.74, 6) is 0.872. The lowest BCUT2D eigenvalue weighted by Gasteiger charge is -2.13. The molecule has 0 aliphatic carbocycles. The SMILES string of the molecule is COc1ccc(Cl)cc1NCC(O)CCl.